The molecule has 0 aromatic rings. The summed E-state index contributed by atoms with van der Waals surface area (Å²) >= 11 is 4.76. The first-order valence-electron chi connectivity index (χ1n) is 2.23. The lowest BCUT2D eigenvalue weighted by Gasteiger charge is -1.64. The zero-order valence-electron chi connectivity index (χ0n) is 5.90. The van der Waals surface area contributed by atoms with Gasteiger partial charge in [-0.2, -0.15) is 0 Å². The zero-order chi connectivity index (χ0) is 9.70. The molecule has 5 nitrogen and oxygen atoms in total. The van der Waals surface area contributed by atoms with Crippen LogP contribution in [0.2, 0.25) is 0 Å². The summed E-state index contributed by atoms with van der Waals surface area (Å²) < 4.78 is 8.70. The molecule has 0 rings (SSSR count). The molecule has 0 aliphatic heterocycles. The Kier molecular flexibility index (Phi) is 34.8. The van der Waals surface area contributed by atoms with Crippen LogP contribution in [0.3, 0.4) is 0 Å². The van der Waals surface area contributed by atoms with Gasteiger partial charge in [-0.05, 0) is 5.54 Å². The minimum atomic E-state index is -2.87. The van der Waals surface area contributed by atoms with Gasteiger partial charge in [-0.15, -0.1) is 9.79 Å². The molecule has 0 aromatic heterocycles. The first-order chi connectivity index (χ1) is 5.06. The van der Waals surface area contributed by atoms with Crippen LogP contribution in [0.15, 0.2) is 12.1 Å². The van der Waals surface area contributed by atoms with Crippen molar-refractivity contribution in [3.05, 3.63) is 12.1 Å². The topological polar surface area (TPSA) is 86.6 Å². The van der Waals surface area contributed by atoms with Gasteiger partial charge in [0.2, 0.25) is 6.41 Å². The number of amides is 1. The molecule has 0 radical (unpaired) electrons. The molecule has 0 aliphatic carbocycles. The third-order valence-corrected chi connectivity index (χ3v) is 0.118. The van der Waals surface area contributed by atoms with Gasteiger partial charge >= 0.3 is 8.25 Å². The zero-order valence-corrected chi connectivity index (χ0v) is 7.55. The van der Waals surface area contributed by atoms with Crippen molar-refractivity contribution in [2.24, 2.45) is 0 Å². The standard InChI is InChI=1S/C2H3Cl.C2H5NO.HO3P/c1-2-3;1-3-2-4;1-4(2)3/h2H,1H2;2H,1H3,(H,3,4);(H-,1,2,3)/p+1. The average Bonchev–Trinajstić information content (AvgIpc) is 1.88. The number of rotatable bonds is 1. The van der Waals surface area contributed by atoms with Gasteiger partial charge in [-0.25, -0.2) is 0 Å². The monoisotopic (exact) mass is 202 g/mol. The second-order valence-electron chi connectivity index (χ2n) is 0.814. The molecule has 66 valence electrons. The van der Waals surface area contributed by atoms with E-state index in [0.29, 0.717) is 6.41 Å². The molecule has 11 heavy (non-hydrogen) atoms. The maximum atomic E-state index is 9.06. The van der Waals surface area contributed by atoms with E-state index in [1.54, 1.807) is 7.05 Å². The molecule has 0 unspecified atom stereocenters. The lowest BCUT2D eigenvalue weighted by molar-refractivity contribution is -0.109. The van der Waals surface area contributed by atoms with E-state index >= 15 is 0 Å². The number of hydrogen-bond acceptors (Lipinski definition) is 2. The molecule has 0 bridgehead atoms. The highest BCUT2D eigenvalue weighted by Gasteiger charge is 1.93. The first-order valence-corrected chi connectivity index (χ1v) is 3.84. The van der Waals surface area contributed by atoms with Crippen molar-refractivity contribution in [1.82, 2.24) is 5.32 Å². The van der Waals surface area contributed by atoms with Gasteiger partial charge in [0, 0.05) is 11.6 Å². The van der Waals surface area contributed by atoms with Gasteiger partial charge < -0.3 is 5.32 Å². The molecular formula is C4H10ClNO4P+. The van der Waals surface area contributed by atoms with Gasteiger partial charge in [0.25, 0.3) is 0 Å². The van der Waals surface area contributed by atoms with Crippen molar-refractivity contribution >= 4 is 26.3 Å². The maximum absolute atomic E-state index is 9.06. The first kappa shape index (κ1) is 16.9. The number of carbonyl (C=O) groups excluding carboxylic acids is 1. The van der Waals surface area contributed by atoms with Crippen LogP contribution in [-0.2, 0) is 9.36 Å². The van der Waals surface area contributed by atoms with Crippen LogP contribution in [0, 0.1) is 0 Å². The van der Waals surface area contributed by atoms with Gasteiger partial charge in [0.05, 0.1) is 0 Å². The second kappa shape index (κ2) is 22.7. The van der Waals surface area contributed by atoms with Gasteiger partial charge in [-0.3, -0.25) is 4.79 Å². The van der Waals surface area contributed by atoms with E-state index in [1.807, 2.05) is 0 Å². The normalized spacial score (nSPS) is 5.45. The van der Waals surface area contributed by atoms with Crippen LogP contribution in [0.1, 0.15) is 0 Å². The van der Waals surface area contributed by atoms with E-state index in [4.69, 9.17) is 30.7 Å². The van der Waals surface area contributed by atoms with Crippen LogP contribution in [0.4, 0.5) is 0 Å². The molecule has 7 heteroatoms. The highest BCUT2D eigenvalue weighted by Crippen LogP contribution is 1.98. The van der Waals surface area contributed by atoms with Crippen LogP contribution < -0.4 is 5.32 Å². The Morgan fingerprint density at radius 3 is 1.73 bits per heavy atom. The lowest BCUT2D eigenvalue weighted by Crippen LogP contribution is -1.98. The molecule has 0 aliphatic rings. The number of nitrogens with one attached hydrogen (secondary N) is 1. The van der Waals surface area contributed by atoms with E-state index in [2.05, 4.69) is 11.9 Å². The highest BCUT2D eigenvalue weighted by atomic mass is 35.5. The van der Waals surface area contributed by atoms with Crippen molar-refractivity contribution in [1.29, 1.82) is 0 Å². The van der Waals surface area contributed by atoms with Gasteiger partial charge in [-0.1, -0.05) is 18.2 Å². The summed E-state index contributed by atoms with van der Waals surface area (Å²) in [5.74, 6) is 0. The second-order valence-corrected chi connectivity index (χ2v) is 1.63. The van der Waals surface area contributed by atoms with E-state index < -0.39 is 8.25 Å². The maximum Gasteiger partial charge on any atom is 0.692 e. The third kappa shape index (κ3) is 1990. The predicted molar refractivity (Wildman–Crippen MR) is 43.2 cm³/mol. The van der Waals surface area contributed by atoms with Crippen molar-refractivity contribution < 1.29 is 19.1 Å². The molecule has 3 N–H and O–H groups in total. The number of hydrogen-bond donors (Lipinski definition) is 3. The molecule has 0 atom stereocenters. The molecular weight excluding hydrogens is 192 g/mol. The average molecular weight is 203 g/mol. The fourth-order valence-electron chi connectivity index (χ4n) is 0. The van der Waals surface area contributed by atoms with Crippen molar-refractivity contribution in [2.75, 3.05) is 7.05 Å². The van der Waals surface area contributed by atoms with E-state index in [0.717, 1.165) is 0 Å². The summed E-state index contributed by atoms with van der Waals surface area (Å²) in [6.45, 7) is 3.13. The van der Waals surface area contributed by atoms with E-state index in [9.17, 15) is 0 Å². The predicted octanol–water partition coefficient (Wildman–Crippen LogP) is 0.359. The van der Waals surface area contributed by atoms with E-state index in [-0.39, 0.29) is 0 Å². The quantitative estimate of drug-likeness (QED) is 0.423. The Morgan fingerprint density at radius 1 is 1.64 bits per heavy atom. The Balaban J connectivity index is -0.0000000886. The van der Waals surface area contributed by atoms with E-state index in [1.165, 1.54) is 5.54 Å². The Morgan fingerprint density at radius 2 is 1.73 bits per heavy atom. The Labute approximate surface area is 70.6 Å². The molecule has 0 saturated heterocycles. The van der Waals surface area contributed by atoms with Crippen molar-refractivity contribution in [3.8, 4) is 0 Å². The number of carbonyl (C=O) groups is 1. The summed E-state index contributed by atoms with van der Waals surface area (Å²) in [6.07, 6.45) is 0.625. The summed E-state index contributed by atoms with van der Waals surface area (Å²) in [5, 5.41) is 2.25. The SMILES string of the molecule is C=CCl.CNC=O.O=[P+](O)O. The minimum Gasteiger partial charge on any atom is -0.362 e. The highest BCUT2D eigenvalue weighted by molar-refractivity contribution is 7.30. The summed E-state index contributed by atoms with van der Waals surface area (Å²) in [7, 11) is -1.31. The summed E-state index contributed by atoms with van der Waals surface area (Å²) in [6, 6.07) is 0. The fraction of sp³-hybridized carbons (Fsp3) is 0.250. The lowest BCUT2D eigenvalue weighted by atomic mass is 11.2. The van der Waals surface area contributed by atoms with Crippen LogP contribution in [0.5, 0.6) is 0 Å². The Hall–Kier alpha value is -0.480. The molecule has 0 saturated carbocycles. The summed E-state index contributed by atoms with van der Waals surface area (Å²) in [4.78, 5) is 23.3. The molecule has 0 spiro atoms. The third-order valence-electron chi connectivity index (χ3n) is 0.118. The van der Waals surface area contributed by atoms with Gasteiger partial charge in [0.15, 0.2) is 0 Å². The smallest absolute Gasteiger partial charge is 0.362 e. The van der Waals surface area contributed by atoms with Crippen LogP contribution in [0.25, 0.3) is 0 Å². The molecule has 0 fully saturated rings. The molecule has 0 aromatic carbocycles. The molecule has 0 heterocycles. The van der Waals surface area contributed by atoms with Crippen LogP contribution >= 0.6 is 19.9 Å². The largest absolute Gasteiger partial charge is 0.692 e. The van der Waals surface area contributed by atoms with Crippen LogP contribution in [-0.4, -0.2) is 23.2 Å². The molecule has 1 amide bonds. The number of halogens is 1. The minimum absolute atomic E-state index is 0.625. The summed E-state index contributed by atoms with van der Waals surface area (Å²) in [5.41, 5.74) is 1.22. The fourth-order valence-corrected chi connectivity index (χ4v) is 0. The van der Waals surface area contributed by atoms with Gasteiger partial charge in [0.1, 0.15) is 0 Å². The van der Waals surface area contributed by atoms with Crippen molar-refractivity contribution in [2.45, 2.75) is 0 Å². The Bertz CT molecular complexity index is 106. The van der Waals surface area contributed by atoms with Crippen molar-refractivity contribution in [3.63, 3.8) is 0 Å².